The van der Waals surface area contributed by atoms with Crippen LogP contribution in [0.1, 0.15) is 109 Å². The van der Waals surface area contributed by atoms with E-state index in [1.165, 1.54) is 83.5 Å². The van der Waals surface area contributed by atoms with Gasteiger partial charge in [-0.2, -0.15) is 0 Å². The first-order valence-electron chi connectivity index (χ1n) is 12.7. The number of ether oxygens (including phenoxy) is 2. The van der Waals surface area contributed by atoms with Gasteiger partial charge in [0.05, 0.1) is 19.3 Å². The summed E-state index contributed by atoms with van der Waals surface area (Å²) < 4.78 is 11.5. The fraction of sp³-hybridized carbons (Fsp3) is 0.778. The highest BCUT2D eigenvalue weighted by molar-refractivity contribution is 5.13. The summed E-state index contributed by atoms with van der Waals surface area (Å²) in [6.45, 7) is 4.37. The van der Waals surface area contributed by atoms with Crippen molar-refractivity contribution < 1.29 is 14.6 Å². The average Bonchev–Trinajstić information content (AvgIpc) is 2.78. The molecule has 0 saturated heterocycles. The van der Waals surface area contributed by atoms with Crippen molar-refractivity contribution in [1.82, 2.24) is 0 Å². The number of unbranched alkanes of at least 4 members (excludes halogenated alkanes) is 13. The maximum Gasteiger partial charge on any atom is 0.0832 e. The molecule has 1 atom stereocenters. The molecule has 1 unspecified atom stereocenters. The van der Waals surface area contributed by atoms with E-state index in [9.17, 15) is 5.11 Å². The fourth-order valence-electron chi connectivity index (χ4n) is 3.73. The van der Waals surface area contributed by atoms with E-state index in [1.54, 1.807) is 0 Å². The second-order valence-electron chi connectivity index (χ2n) is 8.60. The summed E-state index contributed by atoms with van der Waals surface area (Å²) in [6, 6.07) is 10.1. The number of benzene rings is 1. The van der Waals surface area contributed by atoms with E-state index in [-0.39, 0.29) is 12.7 Å². The molecule has 0 radical (unpaired) electrons. The van der Waals surface area contributed by atoms with Gasteiger partial charge in [0.2, 0.25) is 0 Å². The Balaban J connectivity index is 1.79. The molecule has 30 heavy (non-hydrogen) atoms. The van der Waals surface area contributed by atoms with Crippen molar-refractivity contribution in [3.8, 4) is 0 Å². The van der Waals surface area contributed by atoms with Crippen molar-refractivity contribution in [2.45, 2.75) is 116 Å². The van der Waals surface area contributed by atoms with Crippen molar-refractivity contribution in [3.05, 3.63) is 35.9 Å². The smallest absolute Gasteiger partial charge is 0.0832 e. The predicted molar refractivity (Wildman–Crippen MR) is 128 cm³/mol. The molecule has 0 fully saturated rings. The van der Waals surface area contributed by atoms with Crippen LogP contribution >= 0.6 is 0 Å². The molecule has 0 amide bonds. The van der Waals surface area contributed by atoms with Crippen LogP contribution in [0.3, 0.4) is 0 Å². The van der Waals surface area contributed by atoms with Crippen LogP contribution in [0.5, 0.6) is 0 Å². The molecule has 1 aromatic rings. The molecule has 1 aromatic carbocycles. The molecule has 3 heteroatoms. The summed E-state index contributed by atoms with van der Waals surface area (Å²) in [7, 11) is 0. The molecule has 3 nitrogen and oxygen atoms in total. The first-order valence-corrected chi connectivity index (χ1v) is 12.7. The third kappa shape index (κ3) is 16.8. The molecule has 0 bridgehead atoms. The lowest BCUT2D eigenvalue weighted by Crippen LogP contribution is -2.20. The van der Waals surface area contributed by atoms with Gasteiger partial charge < -0.3 is 14.6 Å². The number of hydrogen-bond donors (Lipinski definition) is 1. The van der Waals surface area contributed by atoms with E-state index in [0.29, 0.717) is 13.2 Å². The van der Waals surface area contributed by atoms with Crippen LogP contribution in [-0.4, -0.2) is 31.0 Å². The number of rotatable bonds is 22. The summed E-state index contributed by atoms with van der Waals surface area (Å²) in [6.07, 6.45) is 19.9. The van der Waals surface area contributed by atoms with Crippen LogP contribution in [0, 0.1) is 0 Å². The van der Waals surface area contributed by atoms with E-state index >= 15 is 0 Å². The molecular weight excluding hydrogens is 372 g/mol. The molecule has 1 rings (SSSR count). The van der Waals surface area contributed by atoms with Gasteiger partial charge in [-0.05, 0) is 18.4 Å². The third-order valence-electron chi connectivity index (χ3n) is 5.76. The molecule has 0 aliphatic rings. The van der Waals surface area contributed by atoms with Crippen molar-refractivity contribution in [2.24, 2.45) is 0 Å². The summed E-state index contributed by atoms with van der Waals surface area (Å²) in [4.78, 5) is 0. The van der Waals surface area contributed by atoms with E-state index < -0.39 is 0 Å². The van der Waals surface area contributed by atoms with E-state index in [4.69, 9.17) is 9.47 Å². The highest BCUT2D eigenvalue weighted by Gasteiger charge is 2.08. The van der Waals surface area contributed by atoms with Gasteiger partial charge in [-0.15, -0.1) is 0 Å². The van der Waals surface area contributed by atoms with Crippen molar-refractivity contribution in [2.75, 3.05) is 19.8 Å². The molecular formula is C27H48O3. The largest absolute Gasteiger partial charge is 0.394 e. The fourth-order valence-corrected chi connectivity index (χ4v) is 3.73. The Kier molecular flexibility index (Phi) is 19.3. The van der Waals surface area contributed by atoms with Gasteiger partial charge >= 0.3 is 0 Å². The Bertz CT molecular complexity index is 449. The first kappa shape index (κ1) is 27.1. The number of aliphatic hydroxyl groups excluding tert-OH is 1. The predicted octanol–water partition coefficient (Wildman–Crippen LogP) is 7.45. The van der Waals surface area contributed by atoms with Crippen molar-refractivity contribution in [1.29, 1.82) is 0 Å². The molecule has 0 saturated carbocycles. The zero-order chi connectivity index (χ0) is 21.5. The van der Waals surface area contributed by atoms with Crippen LogP contribution in [0.15, 0.2) is 30.3 Å². The zero-order valence-electron chi connectivity index (χ0n) is 19.7. The quantitative estimate of drug-likeness (QED) is 0.198. The minimum atomic E-state index is -0.137. The zero-order valence-corrected chi connectivity index (χ0v) is 19.7. The van der Waals surface area contributed by atoms with Gasteiger partial charge in [0, 0.05) is 13.2 Å². The van der Waals surface area contributed by atoms with Crippen LogP contribution < -0.4 is 0 Å². The highest BCUT2D eigenvalue weighted by atomic mass is 16.5. The summed E-state index contributed by atoms with van der Waals surface area (Å²) >= 11 is 0. The van der Waals surface area contributed by atoms with Crippen molar-refractivity contribution >= 4 is 0 Å². The molecule has 0 aliphatic heterocycles. The van der Waals surface area contributed by atoms with Gasteiger partial charge in [-0.25, -0.2) is 0 Å². The molecule has 0 spiro atoms. The Labute approximate surface area is 186 Å². The summed E-state index contributed by atoms with van der Waals surface area (Å²) in [5, 5.41) is 9.46. The maximum absolute atomic E-state index is 9.46. The number of hydrogen-bond acceptors (Lipinski definition) is 3. The lowest BCUT2D eigenvalue weighted by molar-refractivity contribution is -0.0190. The van der Waals surface area contributed by atoms with Gasteiger partial charge in [0.1, 0.15) is 0 Å². The van der Waals surface area contributed by atoms with Crippen LogP contribution in [0.4, 0.5) is 0 Å². The molecule has 0 aliphatic carbocycles. The van der Waals surface area contributed by atoms with Crippen molar-refractivity contribution in [3.63, 3.8) is 0 Å². The van der Waals surface area contributed by atoms with Gasteiger partial charge in [0.15, 0.2) is 0 Å². The van der Waals surface area contributed by atoms with Gasteiger partial charge in [0.25, 0.3) is 0 Å². The second kappa shape index (κ2) is 21.3. The molecule has 0 heterocycles. The average molecular weight is 421 g/mol. The summed E-state index contributed by atoms with van der Waals surface area (Å²) in [5.74, 6) is 0. The monoisotopic (exact) mass is 420 g/mol. The molecule has 0 aromatic heterocycles. The summed E-state index contributed by atoms with van der Waals surface area (Å²) in [5.41, 5.74) is 1.14. The lowest BCUT2D eigenvalue weighted by Gasteiger charge is -2.15. The Morgan fingerprint density at radius 3 is 1.77 bits per heavy atom. The Morgan fingerprint density at radius 1 is 0.700 bits per heavy atom. The second-order valence-corrected chi connectivity index (χ2v) is 8.60. The van der Waals surface area contributed by atoms with E-state index in [2.05, 4.69) is 6.92 Å². The highest BCUT2D eigenvalue weighted by Crippen LogP contribution is 2.13. The lowest BCUT2D eigenvalue weighted by atomic mass is 10.0. The van der Waals surface area contributed by atoms with E-state index in [0.717, 1.165) is 25.0 Å². The first-order chi connectivity index (χ1) is 14.9. The Morgan fingerprint density at radius 2 is 1.23 bits per heavy atom. The van der Waals surface area contributed by atoms with Gasteiger partial charge in [-0.1, -0.05) is 121 Å². The maximum atomic E-state index is 9.46. The standard InChI is InChI=1S/C27H48O3/c1-2-3-4-5-6-7-8-9-10-11-12-13-14-18-22-29-23-21-27(24-28)30-25-26-19-16-15-17-20-26/h15-17,19-20,27-28H,2-14,18,21-25H2,1H3. The molecule has 1 N–H and O–H groups in total. The third-order valence-corrected chi connectivity index (χ3v) is 5.76. The van der Waals surface area contributed by atoms with Gasteiger partial charge in [-0.3, -0.25) is 0 Å². The van der Waals surface area contributed by atoms with Crippen LogP contribution in [0.2, 0.25) is 0 Å². The topological polar surface area (TPSA) is 38.7 Å². The van der Waals surface area contributed by atoms with Crippen LogP contribution in [0.25, 0.3) is 0 Å². The minimum absolute atomic E-state index is 0.0506. The number of aliphatic hydroxyl groups is 1. The minimum Gasteiger partial charge on any atom is -0.394 e. The van der Waals surface area contributed by atoms with E-state index in [1.807, 2.05) is 30.3 Å². The Hall–Kier alpha value is -0.900. The molecule has 174 valence electrons. The normalized spacial score (nSPS) is 12.3. The SMILES string of the molecule is CCCCCCCCCCCCCCCCOCCC(CO)OCc1ccccc1. The van der Waals surface area contributed by atoms with Crippen LogP contribution in [-0.2, 0) is 16.1 Å².